The summed E-state index contributed by atoms with van der Waals surface area (Å²) < 4.78 is 23.4. The highest BCUT2D eigenvalue weighted by Crippen LogP contribution is 2.38. The summed E-state index contributed by atoms with van der Waals surface area (Å²) in [7, 11) is 1.23. The summed E-state index contributed by atoms with van der Waals surface area (Å²) in [6.45, 7) is 4.53. The predicted molar refractivity (Wildman–Crippen MR) is 316 cm³/mol. The van der Waals surface area contributed by atoms with E-state index in [9.17, 15) is 19.4 Å². The smallest absolute Gasteiger partial charge is 0.268 e. The zero-order chi connectivity index (χ0) is 53.5. The zero-order valence-corrected chi connectivity index (χ0v) is 49.2. The first-order valence-corrected chi connectivity index (χ1v) is 31.9. The van der Waals surface area contributed by atoms with E-state index in [2.05, 4.69) is 92.1 Å². The molecule has 0 aromatic rings. The number of hydrogen-bond donors (Lipinski definition) is 2. The Morgan fingerprint density at radius 2 is 0.849 bits per heavy atom. The number of carbonyl (C=O) groups is 1. The van der Waals surface area contributed by atoms with Crippen molar-refractivity contribution in [3.63, 3.8) is 0 Å². The number of carbonyl (C=O) groups excluding carboxylic acids is 1. The van der Waals surface area contributed by atoms with E-state index >= 15 is 0 Å². The first-order valence-electron chi connectivity index (χ1n) is 30.4. The average molecular weight is 1040 g/mol. The molecule has 2 N–H and O–H groups in total. The number of likely N-dealkylation sites (N-methyl/N-ethyl adjacent to an activating group) is 1. The minimum absolute atomic E-state index is 0.0118. The molecule has 0 heterocycles. The van der Waals surface area contributed by atoms with E-state index in [1.807, 2.05) is 27.2 Å². The van der Waals surface area contributed by atoms with E-state index in [4.69, 9.17) is 9.05 Å². The first-order chi connectivity index (χ1) is 35.5. The van der Waals surface area contributed by atoms with Crippen molar-refractivity contribution in [3.8, 4) is 0 Å². The quantitative estimate of drug-likeness (QED) is 0.0272. The fourth-order valence-corrected chi connectivity index (χ4v) is 9.31. The largest absolute Gasteiger partial charge is 0.756 e. The molecule has 424 valence electrons. The van der Waals surface area contributed by atoms with Gasteiger partial charge in [0.05, 0.1) is 39.9 Å². The summed E-state index contributed by atoms with van der Waals surface area (Å²) in [6, 6.07) is -0.915. The summed E-state index contributed by atoms with van der Waals surface area (Å²) in [5, 5.41) is 13.9. The van der Waals surface area contributed by atoms with Gasteiger partial charge in [-0.25, -0.2) is 0 Å². The normalized spacial score (nSPS) is 14.5. The highest BCUT2D eigenvalue weighted by Gasteiger charge is 2.23. The van der Waals surface area contributed by atoms with Crippen molar-refractivity contribution in [2.45, 2.75) is 276 Å². The van der Waals surface area contributed by atoms with Crippen molar-refractivity contribution < 1.29 is 32.9 Å². The number of hydrogen-bond acceptors (Lipinski definition) is 6. The van der Waals surface area contributed by atoms with Crippen LogP contribution in [-0.4, -0.2) is 68.5 Å². The van der Waals surface area contributed by atoms with Crippen LogP contribution in [0.1, 0.15) is 264 Å². The zero-order valence-electron chi connectivity index (χ0n) is 48.3. The second kappa shape index (κ2) is 54.5. The van der Waals surface area contributed by atoms with Crippen molar-refractivity contribution in [2.75, 3.05) is 40.9 Å². The molecule has 0 aliphatic heterocycles. The van der Waals surface area contributed by atoms with Gasteiger partial charge in [-0.2, -0.15) is 0 Å². The number of aliphatic hydroxyl groups is 1. The standard InChI is InChI=1S/C64H117N2O6P/c1-6-8-10-12-14-16-18-20-22-24-26-28-30-32-33-34-36-38-40-42-44-46-48-50-52-54-56-58-64(68)65-62(61-72-73(69,70)71-60-59-66(3,4)5)63(67)57-55-53-51-49-47-45-43-41-39-37-35-31-29-27-25-23-21-19-17-15-13-11-9-7-2/h8,10,14,16,20,22,26,28,39,41,47,49,55,57,62-63,67H,6-7,9,11-13,15,17-19,21,23-25,27,29-38,40,42-46,48,50-54,56,58-61H2,1-5H3,(H-,65,68,69,70)/b10-8-,16-14-,22-20-,28-26-,41-39+,49-47+,57-55+. The molecule has 3 atom stereocenters. The van der Waals surface area contributed by atoms with Gasteiger partial charge >= 0.3 is 0 Å². The molecule has 73 heavy (non-hydrogen) atoms. The molecule has 0 radical (unpaired) electrons. The Kier molecular flexibility index (Phi) is 52.7. The van der Waals surface area contributed by atoms with E-state index in [-0.39, 0.29) is 12.5 Å². The summed E-state index contributed by atoms with van der Waals surface area (Å²) >= 11 is 0. The van der Waals surface area contributed by atoms with Gasteiger partial charge in [0.25, 0.3) is 7.82 Å². The second-order valence-corrected chi connectivity index (χ2v) is 23.1. The molecule has 0 saturated heterocycles. The van der Waals surface area contributed by atoms with E-state index in [1.165, 1.54) is 173 Å². The summed E-state index contributed by atoms with van der Waals surface area (Å²) in [4.78, 5) is 25.5. The van der Waals surface area contributed by atoms with Crippen LogP contribution in [0.25, 0.3) is 0 Å². The molecule has 0 spiro atoms. The molecule has 0 fully saturated rings. The summed E-state index contributed by atoms with van der Waals surface area (Å²) in [5.74, 6) is -0.213. The maximum Gasteiger partial charge on any atom is 0.268 e. The molecular weight excluding hydrogens is 924 g/mol. The third kappa shape index (κ3) is 57.2. The number of aliphatic hydroxyl groups excluding tert-OH is 1. The molecule has 0 aliphatic carbocycles. The van der Waals surface area contributed by atoms with Crippen molar-refractivity contribution in [1.29, 1.82) is 0 Å². The highest BCUT2D eigenvalue weighted by atomic mass is 31.2. The van der Waals surface area contributed by atoms with Crippen LogP contribution in [0.15, 0.2) is 85.1 Å². The number of rotatable bonds is 55. The Balaban J connectivity index is 4.24. The van der Waals surface area contributed by atoms with Gasteiger partial charge < -0.3 is 28.8 Å². The third-order valence-corrected chi connectivity index (χ3v) is 14.3. The van der Waals surface area contributed by atoms with Gasteiger partial charge in [-0.15, -0.1) is 0 Å². The van der Waals surface area contributed by atoms with Crippen LogP contribution in [0.3, 0.4) is 0 Å². The monoisotopic (exact) mass is 1040 g/mol. The van der Waals surface area contributed by atoms with Gasteiger partial charge in [0.15, 0.2) is 0 Å². The minimum atomic E-state index is -4.62. The van der Waals surface area contributed by atoms with Crippen molar-refractivity contribution in [3.05, 3.63) is 85.1 Å². The minimum Gasteiger partial charge on any atom is -0.756 e. The number of amides is 1. The van der Waals surface area contributed by atoms with Crippen LogP contribution in [0.2, 0.25) is 0 Å². The van der Waals surface area contributed by atoms with Crippen LogP contribution >= 0.6 is 7.82 Å². The lowest BCUT2D eigenvalue weighted by Gasteiger charge is -2.29. The van der Waals surface area contributed by atoms with Gasteiger partial charge in [-0.1, -0.05) is 259 Å². The number of nitrogens with zero attached hydrogens (tertiary/aromatic N) is 1. The van der Waals surface area contributed by atoms with Crippen LogP contribution < -0.4 is 10.2 Å². The van der Waals surface area contributed by atoms with Crippen molar-refractivity contribution in [2.24, 2.45) is 0 Å². The molecule has 3 unspecified atom stereocenters. The fourth-order valence-electron chi connectivity index (χ4n) is 8.59. The molecule has 1 amide bonds. The Bertz CT molecular complexity index is 1460. The number of allylic oxidation sites excluding steroid dienone is 13. The predicted octanol–water partition coefficient (Wildman–Crippen LogP) is 18.2. The molecule has 0 aromatic heterocycles. The molecule has 8 nitrogen and oxygen atoms in total. The maximum absolute atomic E-state index is 13.0. The number of quaternary nitrogens is 1. The molecule has 9 heteroatoms. The van der Waals surface area contributed by atoms with Crippen LogP contribution in [0, 0.1) is 0 Å². The molecular formula is C64H117N2O6P. The summed E-state index contributed by atoms with van der Waals surface area (Å²) in [5.41, 5.74) is 0. The average Bonchev–Trinajstić information content (AvgIpc) is 3.35. The number of phosphoric acid groups is 1. The number of nitrogens with one attached hydrogen (secondary N) is 1. The van der Waals surface area contributed by atoms with Crippen LogP contribution in [0.4, 0.5) is 0 Å². The third-order valence-electron chi connectivity index (χ3n) is 13.3. The Hall–Kier alpha value is -2.32. The van der Waals surface area contributed by atoms with E-state index in [0.717, 1.165) is 70.6 Å². The van der Waals surface area contributed by atoms with Crippen molar-refractivity contribution in [1.82, 2.24) is 5.32 Å². The fraction of sp³-hybridized carbons (Fsp3) is 0.766. The van der Waals surface area contributed by atoms with Gasteiger partial charge in [0.2, 0.25) is 5.91 Å². The number of unbranched alkanes of at least 4 members (excludes halogenated alkanes) is 30. The van der Waals surface area contributed by atoms with Crippen LogP contribution in [-0.2, 0) is 18.4 Å². The Morgan fingerprint density at radius 3 is 1.27 bits per heavy atom. The molecule has 0 rings (SSSR count). The van der Waals surface area contributed by atoms with E-state index < -0.39 is 26.6 Å². The van der Waals surface area contributed by atoms with Gasteiger partial charge in [-0.05, 0) is 83.5 Å². The molecule has 0 saturated carbocycles. The van der Waals surface area contributed by atoms with Crippen LogP contribution in [0.5, 0.6) is 0 Å². The maximum atomic E-state index is 13.0. The SMILES string of the molecule is CC/C=C\C/C=C\C/C=C\C/C=C\CCCCCCCCCCCCCCCCC(=O)NC(COP(=O)([O-])OCC[N+](C)(C)C)C(O)/C=C/CC/C=C/CC/C=C/CCCCCCCCCCCCCCCC. The lowest BCUT2D eigenvalue weighted by Crippen LogP contribution is -2.45. The number of phosphoric ester groups is 1. The molecule has 0 aromatic carbocycles. The topological polar surface area (TPSA) is 108 Å². The van der Waals surface area contributed by atoms with Gasteiger partial charge in [-0.3, -0.25) is 9.36 Å². The van der Waals surface area contributed by atoms with E-state index in [1.54, 1.807) is 6.08 Å². The van der Waals surface area contributed by atoms with Gasteiger partial charge in [0, 0.05) is 6.42 Å². The first kappa shape index (κ1) is 70.7. The Morgan fingerprint density at radius 1 is 0.493 bits per heavy atom. The molecule has 0 bridgehead atoms. The second-order valence-electron chi connectivity index (χ2n) is 21.7. The summed E-state index contributed by atoms with van der Waals surface area (Å²) in [6.07, 6.45) is 76.7. The Labute approximate surface area is 452 Å². The van der Waals surface area contributed by atoms with Crippen molar-refractivity contribution >= 4 is 13.7 Å². The lowest BCUT2D eigenvalue weighted by molar-refractivity contribution is -0.870. The van der Waals surface area contributed by atoms with E-state index in [0.29, 0.717) is 17.4 Å². The lowest BCUT2D eigenvalue weighted by atomic mass is 10.0. The van der Waals surface area contributed by atoms with Gasteiger partial charge in [0.1, 0.15) is 13.2 Å². The highest BCUT2D eigenvalue weighted by molar-refractivity contribution is 7.45. The molecule has 0 aliphatic rings.